The standard InChI is InChI=1S/C15H12N2O3/c18-16-13-4-1-10(2-5-13)12-7-11-3-6-14(17-19)8-15(11)20-9-12/h1-6,8,12H,7,9H2. The summed E-state index contributed by atoms with van der Waals surface area (Å²) in [5.41, 5.74) is 2.98. The molecule has 2 aromatic carbocycles. The fourth-order valence-corrected chi connectivity index (χ4v) is 2.44. The first-order valence-corrected chi connectivity index (χ1v) is 6.32. The summed E-state index contributed by atoms with van der Waals surface area (Å²) in [6.07, 6.45) is 0.836. The van der Waals surface area contributed by atoms with Crippen LogP contribution >= 0.6 is 0 Å². The molecule has 1 unspecified atom stereocenters. The van der Waals surface area contributed by atoms with Crippen LogP contribution in [0.2, 0.25) is 0 Å². The molecule has 1 atom stereocenters. The molecule has 20 heavy (non-hydrogen) atoms. The lowest BCUT2D eigenvalue weighted by atomic mass is 9.90. The van der Waals surface area contributed by atoms with Gasteiger partial charge in [0.05, 0.1) is 6.61 Å². The minimum Gasteiger partial charge on any atom is -0.493 e. The number of fused-ring (bicyclic) bond motifs is 1. The highest BCUT2D eigenvalue weighted by Crippen LogP contribution is 2.35. The molecule has 0 bridgehead atoms. The molecule has 2 aromatic rings. The van der Waals surface area contributed by atoms with E-state index in [0.29, 0.717) is 18.0 Å². The Bertz CT molecular complexity index is 653. The number of nitroso groups, excluding NO2 is 2. The normalized spacial score (nSPS) is 16.9. The van der Waals surface area contributed by atoms with Gasteiger partial charge in [0.25, 0.3) is 0 Å². The van der Waals surface area contributed by atoms with E-state index in [1.165, 1.54) is 0 Å². The van der Waals surface area contributed by atoms with E-state index in [0.717, 1.165) is 23.3 Å². The van der Waals surface area contributed by atoms with Gasteiger partial charge in [0.15, 0.2) is 0 Å². The van der Waals surface area contributed by atoms with Crippen LogP contribution in [0.15, 0.2) is 52.8 Å². The van der Waals surface area contributed by atoms with E-state index < -0.39 is 0 Å². The van der Waals surface area contributed by atoms with E-state index in [4.69, 9.17) is 4.74 Å². The third-order valence-electron chi connectivity index (χ3n) is 3.53. The highest BCUT2D eigenvalue weighted by molar-refractivity contribution is 5.50. The highest BCUT2D eigenvalue weighted by atomic mass is 16.5. The van der Waals surface area contributed by atoms with Crippen molar-refractivity contribution >= 4 is 11.4 Å². The van der Waals surface area contributed by atoms with Crippen molar-refractivity contribution < 1.29 is 4.74 Å². The minimum atomic E-state index is 0.234. The van der Waals surface area contributed by atoms with Gasteiger partial charge < -0.3 is 4.74 Å². The summed E-state index contributed by atoms with van der Waals surface area (Å²) in [5, 5.41) is 5.80. The first-order valence-electron chi connectivity index (χ1n) is 6.32. The number of benzene rings is 2. The molecule has 100 valence electrons. The lowest BCUT2D eigenvalue weighted by Gasteiger charge is -2.25. The molecule has 0 radical (unpaired) electrons. The van der Waals surface area contributed by atoms with Crippen LogP contribution < -0.4 is 4.74 Å². The summed E-state index contributed by atoms with van der Waals surface area (Å²) < 4.78 is 5.71. The number of ether oxygens (including phenoxy) is 1. The lowest BCUT2D eigenvalue weighted by molar-refractivity contribution is 0.263. The molecule has 3 rings (SSSR count). The summed E-state index contributed by atoms with van der Waals surface area (Å²) >= 11 is 0. The Hall–Kier alpha value is -2.56. The van der Waals surface area contributed by atoms with Gasteiger partial charge in [0.1, 0.15) is 17.1 Å². The minimum absolute atomic E-state index is 0.234. The summed E-state index contributed by atoms with van der Waals surface area (Å²) in [7, 11) is 0. The van der Waals surface area contributed by atoms with Gasteiger partial charge in [-0.05, 0) is 46.1 Å². The van der Waals surface area contributed by atoms with Crippen LogP contribution in [0, 0.1) is 9.81 Å². The Kier molecular flexibility index (Phi) is 3.25. The van der Waals surface area contributed by atoms with Gasteiger partial charge in [-0.3, -0.25) is 0 Å². The molecule has 1 aliphatic rings. The molecule has 0 saturated heterocycles. The Morgan fingerprint density at radius 2 is 1.65 bits per heavy atom. The number of hydrogen-bond acceptors (Lipinski definition) is 5. The average molecular weight is 268 g/mol. The molecule has 1 heterocycles. The Morgan fingerprint density at radius 3 is 2.35 bits per heavy atom. The first-order chi connectivity index (χ1) is 9.80. The van der Waals surface area contributed by atoms with Gasteiger partial charge in [0, 0.05) is 12.0 Å². The van der Waals surface area contributed by atoms with Crippen LogP contribution in [0.25, 0.3) is 0 Å². The SMILES string of the molecule is O=Nc1ccc(C2COc3cc(N=O)ccc3C2)cc1. The smallest absolute Gasteiger partial charge is 0.124 e. The Balaban J connectivity index is 1.84. The molecule has 0 aliphatic carbocycles. The maximum Gasteiger partial charge on any atom is 0.124 e. The second-order valence-corrected chi connectivity index (χ2v) is 4.78. The van der Waals surface area contributed by atoms with Crippen molar-refractivity contribution in [1.82, 2.24) is 0 Å². The molecule has 0 N–H and O–H groups in total. The van der Waals surface area contributed by atoms with E-state index >= 15 is 0 Å². The fraction of sp³-hybridized carbons (Fsp3) is 0.200. The number of nitrogens with zero attached hydrogens (tertiary/aromatic N) is 2. The summed E-state index contributed by atoms with van der Waals surface area (Å²) in [4.78, 5) is 20.9. The van der Waals surface area contributed by atoms with Crippen LogP contribution in [-0.4, -0.2) is 6.61 Å². The van der Waals surface area contributed by atoms with E-state index in [1.807, 2.05) is 18.2 Å². The van der Waals surface area contributed by atoms with Gasteiger partial charge in [-0.25, -0.2) is 0 Å². The van der Waals surface area contributed by atoms with Gasteiger partial charge in [0.2, 0.25) is 0 Å². The fourth-order valence-electron chi connectivity index (χ4n) is 2.44. The van der Waals surface area contributed by atoms with E-state index in [1.54, 1.807) is 24.3 Å². The van der Waals surface area contributed by atoms with Crippen molar-refractivity contribution in [3.8, 4) is 5.75 Å². The van der Waals surface area contributed by atoms with Crippen LogP contribution in [0.4, 0.5) is 11.4 Å². The van der Waals surface area contributed by atoms with Crippen molar-refractivity contribution in [2.45, 2.75) is 12.3 Å². The van der Waals surface area contributed by atoms with Gasteiger partial charge in [-0.15, -0.1) is 9.81 Å². The maximum absolute atomic E-state index is 10.5. The van der Waals surface area contributed by atoms with E-state index in [2.05, 4.69) is 10.4 Å². The number of rotatable bonds is 3. The van der Waals surface area contributed by atoms with Crippen LogP contribution in [-0.2, 0) is 6.42 Å². The topological polar surface area (TPSA) is 68.1 Å². The van der Waals surface area contributed by atoms with Gasteiger partial charge >= 0.3 is 0 Å². The monoisotopic (exact) mass is 268 g/mol. The molecule has 0 saturated carbocycles. The third-order valence-corrected chi connectivity index (χ3v) is 3.53. The Morgan fingerprint density at radius 1 is 0.950 bits per heavy atom. The predicted octanol–water partition coefficient (Wildman–Crippen LogP) is 4.20. The molecule has 0 fully saturated rings. The average Bonchev–Trinajstić information content (AvgIpc) is 2.54. The quantitative estimate of drug-likeness (QED) is 0.783. The van der Waals surface area contributed by atoms with Gasteiger partial charge in [-0.2, -0.15) is 0 Å². The summed E-state index contributed by atoms with van der Waals surface area (Å²) in [6, 6.07) is 12.4. The van der Waals surface area contributed by atoms with Crippen LogP contribution in [0.1, 0.15) is 17.0 Å². The third kappa shape index (κ3) is 2.30. The zero-order valence-corrected chi connectivity index (χ0v) is 10.7. The summed E-state index contributed by atoms with van der Waals surface area (Å²) in [5.74, 6) is 0.961. The molecule has 1 aliphatic heterocycles. The van der Waals surface area contributed by atoms with Crippen LogP contribution in [0.3, 0.4) is 0 Å². The van der Waals surface area contributed by atoms with Crippen molar-refractivity contribution in [3.05, 3.63) is 63.4 Å². The second kappa shape index (κ2) is 5.21. The lowest BCUT2D eigenvalue weighted by Crippen LogP contribution is -2.19. The molecule has 0 spiro atoms. The zero-order chi connectivity index (χ0) is 13.9. The predicted molar refractivity (Wildman–Crippen MR) is 75.7 cm³/mol. The van der Waals surface area contributed by atoms with Gasteiger partial charge in [-0.1, -0.05) is 18.2 Å². The largest absolute Gasteiger partial charge is 0.493 e. The number of hydrogen-bond donors (Lipinski definition) is 0. The molecule has 5 heteroatoms. The maximum atomic E-state index is 10.5. The zero-order valence-electron chi connectivity index (χ0n) is 10.7. The second-order valence-electron chi connectivity index (χ2n) is 4.78. The Labute approximate surface area is 115 Å². The molecule has 5 nitrogen and oxygen atoms in total. The van der Waals surface area contributed by atoms with Crippen molar-refractivity contribution in [3.63, 3.8) is 0 Å². The molecular formula is C15H12N2O3. The first kappa shape index (κ1) is 12.5. The van der Waals surface area contributed by atoms with Crippen molar-refractivity contribution in [1.29, 1.82) is 0 Å². The van der Waals surface area contributed by atoms with E-state index in [9.17, 15) is 9.81 Å². The van der Waals surface area contributed by atoms with Crippen molar-refractivity contribution in [2.24, 2.45) is 10.4 Å². The van der Waals surface area contributed by atoms with Crippen molar-refractivity contribution in [2.75, 3.05) is 6.61 Å². The van der Waals surface area contributed by atoms with E-state index in [-0.39, 0.29) is 5.92 Å². The molecule has 0 aromatic heterocycles. The highest BCUT2D eigenvalue weighted by Gasteiger charge is 2.21. The van der Waals surface area contributed by atoms with Crippen LogP contribution in [0.5, 0.6) is 5.75 Å². The molecule has 0 amide bonds. The molecular weight excluding hydrogens is 256 g/mol. The summed E-state index contributed by atoms with van der Waals surface area (Å²) in [6.45, 7) is 0.545.